The number of rotatable bonds is 12. The van der Waals surface area contributed by atoms with Crippen LogP contribution in [0.5, 0.6) is 5.75 Å². The molecule has 0 saturated heterocycles. The molecule has 3 N–H and O–H groups in total. The Bertz CT molecular complexity index is 1330. The van der Waals surface area contributed by atoms with Gasteiger partial charge >= 0.3 is 0 Å². The molecule has 0 radical (unpaired) electrons. The molecule has 0 fully saturated rings. The zero-order chi connectivity index (χ0) is 26.8. The van der Waals surface area contributed by atoms with E-state index in [0.717, 1.165) is 5.56 Å². The Balaban J connectivity index is 1.56. The van der Waals surface area contributed by atoms with Gasteiger partial charge in [-0.15, -0.1) is 0 Å². The van der Waals surface area contributed by atoms with Crippen molar-refractivity contribution >= 4 is 17.5 Å². The van der Waals surface area contributed by atoms with E-state index < -0.39 is 11.4 Å². The Kier molecular flexibility index (Phi) is 8.89. The molecule has 0 saturated carbocycles. The quantitative estimate of drug-likeness (QED) is 0.109. The van der Waals surface area contributed by atoms with Crippen molar-refractivity contribution in [1.29, 1.82) is 0 Å². The summed E-state index contributed by atoms with van der Waals surface area (Å²) in [6.07, 6.45) is 0.653. The average Bonchev–Trinajstić information content (AvgIpc) is 3.37. The minimum atomic E-state index is -1.34. The molecule has 0 unspecified atom stereocenters. The van der Waals surface area contributed by atoms with Gasteiger partial charge in [0.15, 0.2) is 5.54 Å². The Morgan fingerprint density at radius 1 is 1.16 bits per heavy atom. The lowest BCUT2D eigenvalue weighted by Crippen LogP contribution is -2.52. The van der Waals surface area contributed by atoms with Gasteiger partial charge in [-0.25, -0.2) is 14.8 Å². The fraction of sp³-hybridized carbons (Fsp3) is 0.259. The van der Waals surface area contributed by atoms with Crippen LogP contribution >= 0.6 is 0 Å². The fourth-order valence-corrected chi connectivity index (χ4v) is 3.90. The van der Waals surface area contributed by atoms with Crippen LogP contribution in [0.4, 0.5) is 10.1 Å². The van der Waals surface area contributed by atoms with Crippen LogP contribution in [0.15, 0.2) is 82.9 Å². The molecule has 10 nitrogen and oxygen atoms in total. The van der Waals surface area contributed by atoms with E-state index in [1.165, 1.54) is 12.1 Å². The number of aliphatic hydroxyl groups excluding tert-OH is 1. The summed E-state index contributed by atoms with van der Waals surface area (Å²) in [7, 11) is 0. The lowest BCUT2D eigenvalue weighted by atomic mass is 9.91. The van der Waals surface area contributed by atoms with E-state index in [-0.39, 0.29) is 32.0 Å². The number of amides is 1. The number of azide groups is 1. The molecular formula is C27H27FN6O4. The van der Waals surface area contributed by atoms with Crippen LogP contribution in [0.1, 0.15) is 23.1 Å². The van der Waals surface area contributed by atoms with Gasteiger partial charge in [-0.2, -0.15) is 0 Å². The van der Waals surface area contributed by atoms with E-state index in [2.05, 4.69) is 20.9 Å². The average molecular weight is 519 g/mol. The van der Waals surface area contributed by atoms with Crippen molar-refractivity contribution in [3.63, 3.8) is 0 Å². The Labute approximate surface area is 218 Å². The smallest absolute Gasteiger partial charge is 0.266 e. The molecule has 0 aromatic heterocycles. The van der Waals surface area contributed by atoms with Gasteiger partial charge in [-0.05, 0) is 53.1 Å². The topological polar surface area (TPSA) is 141 Å². The Hall–Kier alpha value is -4.44. The number of hydrazine groups is 1. The molecule has 38 heavy (non-hydrogen) atoms. The summed E-state index contributed by atoms with van der Waals surface area (Å²) < 4.78 is 24.7. The molecule has 3 aromatic rings. The minimum absolute atomic E-state index is 0.0360. The van der Waals surface area contributed by atoms with Gasteiger partial charge in [0.05, 0.1) is 6.61 Å². The minimum Gasteiger partial charge on any atom is -0.494 e. The summed E-state index contributed by atoms with van der Waals surface area (Å²) in [5, 5.41) is 12.7. The van der Waals surface area contributed by atoms with Crippen LogP contribution in [0.2, 0.25) is 0 Å². The maximum Gasteiger partial charge on any atom is 0.266 e. The first-order valence-corrected chi connectivity index (χ1v) is 12.0. The van der Waals surface area contributed by atoms with Crippen molar-refractivity contribution in [3.05, 3.63) is 106 Å². The fourth-order valence-electron chi connectivity index (χ4n) is 3.90. The molecule has 3 aromatic carbocycles. The number of nitrogens with zero attached hydrogens (tertiary/aromatic N) is 4. The van der Waals surface area contributed by atoms with Crippen molar-refractivity contribution in [2.75, 3.05) is 19.8 Å². The Morgan fingerprint density at radius 2 is 1.92 bits per heavy atom. The van der Waals surface area contributed by atoms with Gasteiger partial charge in [0.1, 0.15) is 18.2 Å². The summed E-state index contributed by atoms with van der Waals surface area (Å²) in [4.78, 5) is 21.1. The number of carbonyl (C=O) groups excluding carboxylic acids is 1. The number of aliphatic hydroxyl groups is 1. The second-order valence-electron chi connectivity index (χ2n) is 8.62. The lowest BCUT2D eigenvalue weighted by molar-refractivity contribution is -0.127. The zero-order valence-electron chi connectivity index (χ0n) is 20.5. The molecule has 196 valence electrons. The van der Waals surface area contributed by atoms with Crippen molar-refractivity contribution < 1.29 is 23.8 Å². The largest absolute Gasteiger partial charge is 0.494 e. The summed E-state index contributed by atoms with van der Waals surface area (Å²) in [6, 6.07) is 20.0. The molecule has 1 aliphatic heterocycles. The highest BCUT2D eigenvalue weighted by Crippen LogP contribution is 2.31. The third-order valence-electron chi connectivity index (χ3n) is 5.89. The van der Waals surface area contributed by atoms with Gasteiger partial charge in [0.2, 0.25) is 5.90 Å². The molecule has 1 aliphatic rings. The number of ether oxygens (including phenoxy) is 2. The highest BCUT2D eigenvalue weighted by molar-refractivity contribution is 6.00. The Morgan fingerprint density at radius 3 is 2.66 bits per heavy atom. The molecular weight excluding hydrogens is 491 g/mol. The van der Waals surface area contributed by atoms with Crippen molar-refractivity contribution in [2.24, 2.45) is 10.1 Å². The molecule has 1 atom stereocenters. The standard InChI is InChI=1S/C27H27FN6O4/c28-22-10-6-19(7-11-22)17-30-33-26(36)27(16-21-4-1-2-5-24(21)32-34-29)18-38-25(31-27)20-8-12-23(13-9-20)37-15-3-14-35/h1-2,4-13,30,35H,3,14-18H2,(H,33,36)/t27-/m0/s1. The number of hydrogen-bond donors (Lipinski definition) is 3. The molecule has 0 spiro atoms. The number of benzene rings is 3. The second kappa shape index (κ2) is 12.7. The van der Waals surface area contributed by atoms with Gasteiger partial charge < -0.3 is 14.6 Å². The van der Waals surface area contributed by atoms with E-state index in [1.807, 2.05) is 0 Å². The van der Waals surface area contributed by atoms with Gasteiger partial charge in [0, 0.05) is 42.2 Å². The molecule has 4 rings (SSSR count). The first kappa shape index (κ1) is 26.6. The molecule has 11 heteroatoms. The third kappa shape index (κ3) is 6.65. The van der Waals surface area contributed by atoms with Crippen LogP contribution in [-0.4, -0.2) is 42.3 Å². The van der Waals surface area contributed by atoms with Crippen LogP contribution < -0.4 is 15.6 Å². The summed E-state index contributed by atoms with van der Waals surface area (Å²) in [5.41, 5.74) is 15.7. The van der Waals surface area contributed by atoms with Crippen molar-refractivity contribution in [3.8, 4) is 5.75 Å². The summed E-state index contributed by atoms with van der Waals surface area (Å²) in [6.45, 7) is 0.679. The van der Waals surface area contributed by atoms with Gasteiger partial charge in [0.25, 0.3) is 5.91 Å². The van der Waals surface area contributed by atoms with E-state index in [9.17, 15) is 9.18 Å². The zero-order valence-corrected chi connectivity index (χ0v) is 20.5. The molecule has 1 amide bonds. The first-order chi connectivity index (χ1) is 18.5. The number of halogens is 1. The van der Waals surface area contributed by atoms with Gasteiger partial charge in [-0.3, -0.25) is 10.2 Å². The van der Waals surface area contributed by atoms with E-state index >= 15 is 0 Å². The molecule has 1 heterocycles. The maximum atomic E-state index is 13.5. The highest BCUT2D eigenvalue weighted by Gasteiger charge is 2.45. The third-order valence-corrected chi connectivity index (χ3v) is 5.89. The van der Waals surface area contributed by atoms with Crippen LogP contribution in [-0.2, 0) is 22.5 Å². The second-order valence-corrected chi connectivity index (χ2v) is 8.62. The molecule has 0 aliphatic carbocycles. The maximum absolute atomic E-state index is 13.5. The number of nitrogens with one attached hydrogen (secondary N) is 2. The van der Waals surface area contributed by atoms with E-state index in [4.69, 9.17) is 25.1 Å². The predicted molar refractivity (Wildman–Crippen MR) is 139 cm³/mol. The normalized spacial score (nSPS) is 16.2. The lowest BCUT2D eigenvalue weighted by Gasteiger charge is -2.24. The van der Waals surface area contributed by atoms with Crippen LogP contribution in [0.3, 0.4) is 0 Å². The van der Waals surface area contributed by atoms with Crippen molar-refractivity contribution in [2.45, 2.75) is 24.9 Å². The van der Waals surface area contributed by atoms with E-state index in [0.29, 0.717) is 41.5 Å². The first-order valence-electron chi connectivity index (χ1n) is 12.0. The monoisotopic (exact) mass is 518 g/mol. The highest BCUT2D eigenvalue weighted by atomic mass is 19.1. The number of hydrogen-bond acceptors (Lipinski definition) is 7. The SMILES string of the molecule is [N-]=[N+]=Nc1ccccc1C[C@@]1(C(=O)NNCc2ccc(F)cc2)COC(c2ccc(OCCCO)cc2)=N1. The number of aliphatic imine (C=N–C) groups is 1. The molecule has 0 bridgehead atoms. The predicted octanol–water partition coefficient (Wildman–Crippen LogP) is 4.11. The van der Waals surface area contributed by atoms with Crippen molar-refractivity contribution in [1.82, 2.24) is 10.9 Å². The van der Waals surface area contributed by atoms with Gasteiger partial charge in [-0.1, -0.05) is 41.5 Å². The summed E-state index contributed by atoms with van der Waals surface area (Å²) in [5.74, 6) is 0.152. The van der Waals surface area contributed by atoms with E-state index in [1.54, 1.807) is 60.7 Å². The van der Waals surface area contributed by atoms with Crippen LogP contribution in [0, 0.1) is 5.82 Å². The summed E-state index contributed by atoms with van der Waals surface area (Å²) >= 11 is 0. The van der Waals surface area contributed by atoms with Crippen LogP contribution in [0.25, 0.3) is 10.4 Å². The number of carbonyl (C=O) groups is 1.